The molecule has 5 nitrogen and oxygen atoms in total. The van der Waals surface area contributed by atoms with Gasteiger partial charge < -0.3 is 23.2 Å². The number of aryl methyl sites for hydroxylation is 1. The van der Waals surface area contributed by atoms with Gasteiger partial charge in [-0.3, -0.25) is 0 Å². The van der Waals surface area contributed by atoms with Crippen LogP contribution in [0.5, 0.6) is 0 Å². The lowest BCUT2D eigenvalue weighted by atomic mass is 9.82. The number of benzene rings is 11. The number of para-hydroxylation sites is 4. The molecule has 0 saturated heterocycles. The molecule has 3 aromatic heterocycles. The Morgan fingerprint density at radius 1 is 0.333 bits per heavy atom. The van der Waals surface area contributed by atoms with Crippen LogP contribution in [0.25, 0.3) is 99.1 Å². The quantitative estimate of drug-likeness (QED) is 0.152. The van der Waals surface area contributed by atoms with Crippen LogP contribution in [0.2, 0.25) is 0 Å². The van der Waals surface area contributed by atoms with E-state index >= 15 is 0 Å². The van der Waals surface area contributed by atoms with Gasteiger partial charge in [0.05, 0.1) is 5.52 Å². The SMILES string of the molecule is Cn1c2cc(N(c3ccccc3)c3ccc4cc(-c5cc6ccccc6o5)ccc4c3)ccc2c2cc3c(cc21)C(C)(C)c1cc(N(c2ccccc2)c2ccc4cc(-c5cc6ccccc6o5)ccc4c2)ccc1-3. The Morgan fingerprint density at radius 2 is 0.787 bits per heavy atom. The first kappa shape index (κ1) is 43.0. The van der Waals surface area contributed by atoms with Crippen molar-refractivity contribution in [3.8, 4) is 33.8 Å². The molecule has 0 N–H and O–H groups in total. The third-order valence-electron chi connectivity index (χ3n) is 15.9. The average molecular weight is 964 g/mol. The van der Waals surface area contributed by atoms with Crippen molar-refractivity contribution in [2.75, 3.05) is 9.80 Å². The van der Waals surface area contributed by atoms with E-state index in [2.05, 4.69) is 248 Å². The highest BCUT2D eigenvalue weighted by Crippen LogP contribution is 2.53. The van der Waals surface area contributed by atoms with Gasteiger partial charge >= 0.3 is 0 Å². The fourth-order valence-electron chi connectivity index (χ4n) is 12.0. The molecule has 5 heteroatoms. The summed E-state index contributed by atoms with van der Waals surface area (Å²) in [5, 5.41) is 9.38. The van der Waals surface area contributed by atoms with E-state index in [1.54, 1.807) is 0 Å². The summed E-state index contributed by atoms with van der Waals surface area (Å²) in [6.07, 6.45) is 0. The van der Waals surface area contributed by atoms with Crippen LogP contribution in [0, 0.1) is 0 Å². The lowest BCUT2D eigenvalue weighted by Gasteiger charge is -2.28. The predicted molar refractivity (Wildman–Crippen MR) is 313 cm³/mol. The van der Waals surface area contributed by atoms with Gasteiger partial charge in [0, 0.05) is 84.8 Å². The summed E-state index contributed by atoms with van der Waals surface area (Å²) in [7, 11) is 2.22. The van der Waals surface area contributed by atoms with Crippen molar-refractivity contribution >= 4 is 99.4 Å². The average Bonchev–Trinajstić information content (AvgIpc) is 4.24. The molecule has 75 heavy (non-hydrogen) atoms. The van der Waals surface area contributed by atoms with Gasteiger partial charge in [0.2, 0.25) is 0 Å². The number of fused-ring (bicyclic) bond motifs is 10. The van der Waals surface area contributed by atoms with E-state index in [1.807, 2.05) is 30.3 Å². The molecular formula is C70H49N3O2. The molecule has 14 aromatic rings. The molecule has 0 unspecified atom stereocenters. The molecule has 0 atom stereocenters. The van der Waals surface area contributed by atoms with Gasteiger partial charge in [-0.1, -0.05) is 135 Å². The molecule has 15 rings (SSSR count). The summed E-state index contributed by atoms with van der Waals surface area (Å²) in [6, 6.07) is 87.8. The second-order valence-electron chi connectivity index (χ2n) is 20.7. The minimum Gasteiger partial charge on any atom is -0.456 e. The van der Waals surface area contributed by atoms with Crippen LogP contribution in [-0.4, -0.2) is 4.57 Å². The Labute approximate surface area is 434 Å². The largest absolute Gasteiger partial charge is 0.456 e. The van der Waals surface area contributed by atoms with Gasteiger partial charge in [-0.05, 0) is 165 Å². The lowest BCUT2D eigenvalue weighted by Crippen LogP contribution is -2.16. The van der Waals surface area contributed by atoms with E-state index < -0.39 is 0 Å². The normalized spacial score (nSPS) is 12.8. The van der Waals surface area contributed by atoms with Crippen molar-refractivity contribution in [1.82, 2.24) is 4.57 Å². The Morgan fingerprint density at radius 3 is 1.36 bits per heavy atom. The van der Waals surface area contributed by atoms with Gasteiger partial charge in [-0.15, -0.1) is 0 Å². The summed E-state index contributed by atoms with van der Waals surface area (Å²) in [4.78, 5) is 4.76. The third kappa shape index (κ3) is 6.92. The van der Waals surface area contributed by atoms with Gasteiger partial charge in [0.25, 0.3) is 0 Å². The molecule has 3 heterocycles. The summed E-state index contributed by atoms with van der Waals surface area (Å²) in [5.74, 6) is 1.76. The number of furan rings is 2. The first-order valence-electron chi connectivity index (χ1n) is 25.8. The molecule has 0 bridgehead atoms. The molecule has 1 aliphatic rings. The summed E-state index contributed by atoms with van der Waals surface area (Å²) in [5.41, 5.74) is 18.0. The van der Waals surface area contributed by atoms with Gasteiger partial charge in [-0.2, -0.15) is 0 Å². The van der Waals surface area contributed by atoms with Crippen molar-refractivity contribution in [3.63, 3.8) is 0 Å². The number of aromatic nitrogens is 1. The van der Waals surface area contributed by atoms with E-state index in [0.717, 1.165) is 84.1 Å². The zero-order valence-corrected chi connectivity index (χ0v) is 41.8. The van der Waals surface area contributed by atoms with Gasteiger partial charge in [0.15, 0.2) is 0 Å². The van der Waals surface area contributed by atoms with E-state index in [0.29, 0.717) is 0 Å². The second-order valence-corrected chi connectivity index (χ2v) is 20.7. The zero-order chi connectivity index (χ0) is 49.9. The standard InChI is InChI=1S/C70H49N3O2/c1-70(2)62-40-56(72(52-16-6-4-7-17-52)54-28-26-44-34-50(24-22-46(44)36-54)68-38-48-14-10-12-20-66(48)74-68)30-32-58(62)60-42-61-59-33-31-57(41-64(59)71(3)65(61)43-63(60)70)73(53-18-8-5-9-19-53)55-29-27-45-35-51(25-23-47(45)37-55)69-39-49-15-11-13-21-67(49)75-69/h4-43H,1-3H3. The molecule has 1 aliphatic carbocycles. The third-order valence-corrected chi connectivity index (χ3v) is 15.9. The maximum atomic E-state index is 6.25. The van der Waals surface area contributed by atoms with Crippen molar-refractivity contribution in [3.05, 3.63) is 254 Å². The lowest BCUT2D eigenvalue weighted by molar-refractivity contribution is 0.631. The molecule has 0 aliphatic heterocycles. The molecule has 0 fully saturated rings. The first-order chi connectivity index (χ1) is 36.8. The van der Waals surface area contributed by atoms with Crippen LogP contribution < -0.4 is 9.80 Å². The minimum atomic E-state index is -0.248. The van der Waals surface area contributed by atoms with Crippen LogP contribution in [0.15, 0.2) is 251 Å². The number of nitrogens with zero attached hydrogens (tertiary/aromatic N) is 3. The van der Waals surface area contributed by atoms with Gasteiger partial charge in [0.1, 0.15) is 22.7 Å². The molecule has 0 amide bonds. The van der Waals surface area contributed by atoms with Crippen LogP contribution in [0.1, 0.15) is 25.0 Å². The van der Waals surface area contributed by atoms with E-state index in [-0.39, 0.29) is 5.41 Å². The van der Waals surface area contributed by atoms with Crippen molar-refractivity contribution < 1.29 is 8.83 Å². The fourth-order valence-corrected chi connectivity index (χ4v) is 12.0. The van der Waals surface area contributed by atoms with E-state index in [1.165, 1.54) is 60.2 Å². The Bertz CT molecular complexity index is 4530. The van der Waals surface area contributed by atoms with Crippen LogP contribution >= 0.6 is 0 Å². The number of hydrogen-bond acceptors (Lipinski definition) is 4. The molecule has 356 valence electrons. The minimum absolute atomic E-state index is 0.248. The summed E-state index contributed by atoms with van der Waals surface area (Å²) < 4.78 is 14.9. The Balaban J connectivity index is 0.787. The Hall–Kier alpha value is -9.58. The molecule has 11 aromatic carbocycles. The number of anilines is 6. The topological polar surface area (TPSA) is 37.7 Å². The highest BCUT2D eigenvalue weighted by molar-refractivity contribution is 6.12. The molecule has 0 saturated carbocycles. The number of rotatable bonds is 8. The monoisotopic (exact) mass is 963 g/mol. The van der Waals surface area contributed by atoms with E-state index in [9.17, 15) is 0 Å². The molecule has 0 radical (unpaired) electrons. The van der Waals surface area contributed by atoms with Crippen LogP contribution in [0.3, 0.4) is 0 Å². The molecular weight excluding hydrogens is 915 g/mol. The summed E-state index contributed by atoms with van der Waals surface area (Å²) >= 11 is 0. The van der Waals surface area contributed by atoms with Crippen molar-refractivity contribution in [2.24, 2.45) is 7.05 Å². The smallest absolute Gasteiger partial charge is 0.135 e. The van der Waals surface area contributed by atoms with Crippen molar-refractivity contribution in [2.45, 2.75) is 19.3 Å². The summed E-state index contributed by atoms with van der Waals surface area (Å²) in [6.45, 7) is 4.77. The number of hydrogen-bond donors (Lipinski definition) is 0. The highest BCUT2D eigenvalue weighted by atomic mass is 16.3. The molecule has 0 spiro atoms. The van der Waals surface area contributed by atoms with E-state index in [4.69, 9.17) is 8.83 Å². The fraction of sp³-hybridized carbons (Fsp3) is 0.0571. The van der Waals surface area contributed by atoms with Crippen molar-refractivity contribution in [1.29, 1.82) is 0 Å². The second kappa shape index (κ2) is 16.5. The predicted octanol–water partition coefficient (Wildman–Crippen LogP) is 19.7. The highest BCUT2D eigenvalue weighted by Gasteiger charge is 2.37. The maximum absolute atomic E-state index is 6.25. The Kier molecular flexibility index (Phi) is 9.45. The van der Waals surface area contributed by atoms with Gasteiger partial charge in [-0.25, -0.2) is 0 Å². The zero-order valence-electron chi connectivity index (χ0n) is 41.8. The first-order valence-corrected chi connectivity index (χ1v) is 25.8. The van der Waals surface area contributed by atoms with Crippen LogP contribution in [0.4, 0.5) is 34.1 Å². The van der Waals surface area contributed by atoms with Crippen LogP contribution in [-0.2, 0) is 12.5 Å². The maximum Gasteiger partial charge on any atom is 0.135 e.